The zero-order chi connectivity index (χ0) is 17.8. The van der Waals surface area contributed by atoms with Crippen molar-refractivity contribution in [3.8, 4) is 5.75 Å². The van der Waals surface area contributed by atoms with Gasteiger partial charge in [-0.15, -0.1) is 0 Å². The van der Waals surface area contributed by atoms with Gasteiger partial charge in [0.25, 0.3) is 5.91 Å². The molecule has 2 N–H and O–H groups in total. The van der Waals surface area contributed by atoms with Gasteiger partial charge in [0.15, 0.2) is 6.61 Å². The van der Waals surface area contributed by atoms with Crippen LogP contribution in [-0.2, 0) is 9.59 Å². The molecule has 136 valence electrons. The van der Waals surface area contributed by atoms with E-state index >= 15 is 0 Å². The third kappa shape index (κ3) is 4.51. The number of carbonyl (C=O) groups excluding carboxylic acids is 2. The normalized spacial score (nSPS) is 25.1. The number of benzene rings is 1. The molecule has 2 fully saturated rings. The number of rotatable bonds is 5. The van der Waals surface area contributed by atoms with E-state index in [0.29, 0.717) is 23.4 Å². The van der Waals surface area contributed by atoms with E-state index in [9.17, 15) is 9.59 Å². The number of ether oxygens (including phenoxy) is 1. The number of carbonyl (C=O) groups is 2. The van der Waals surface area contributed by atoms with Gasteiger partial charge in [-0.05, 0) is 37.3 Å². The third-order valence-electron chi connectivity index (χ3n) is 5.14. The summed E-state index contributed by atoms with van der Waals surface area (Å²) in [6.07, 6.45) is 5.86. The van der Waals surface area contributed by atoms with Crippen molar-refractivity contribution in [2.75, 3.05) is 26.0 Å². The largest absolute Gasteiger partial charge is 0.484 e. The molecule has 1 heterocycles. The first-order valence-electron chi connectivity index (χ1n) is 9.03. The highest BCUT2D eigenvalue weighted by atomic mass is 16.5. The number of fused-ring (bicyclic) bond motifs is 1. The second-order valence-corrected chi connectivity index (χ2v) is 7.20. The highest BCUT2D eigenvalue weighted by Gasteiger charge is 2.38. The smallest absolute Gasteiger partial charge is 0.259 e. The molecule has 1 aliphatic carbocycles. The van der Waals surface area contributed by atoms with E-state index in [1.54, 1.807) is 26.2 Å². The van der Waals surface area contributed by atoms with E-state index in [1.807, 2.05) is 12.1 Å². The second-order valence-electron chi connectivity index (χ2n) is 7.20. The van der Waals surface area contributed by atoms with Crippen molar-refractivity contribution in [2.45, 2.75) is 44.2 Å². The van der Waals surface area contributed by atoms with Crippen molar-refractivity contribution >= 4 is 17.5 Å². The topological polar surface area (TPSA) is 70.7 Å². The third-order valence-corrected chi connectivity index (χ3v) is 5.14. The van der Waals surface area contributed by atoms with Crippen LogP contribution in [0.25, 0.3) is 0 Å². The van der Waals surface area contributed by atoms with Gasteiger partial charge in [-0.25, -0.2) is 0 Å². The summed E-state index contributed by atoms with van der Waals surface area (Å²) in [7, 11) is 3.38. The standard InChI is InChI=1S/C19H27N3O3/c1-22(2)18(23)12-25-15-8-5-7-14(11-15)20-19(24)17-10-13-6-3-4-9-16(13)21-17/h5,7-8,11,13,16-17,21H,3-4,6,9-10,12H2,1-2H3,(H,20,24). The minimum Gasteiger partial charge on any atom is -0.484 e. The van der Waals surface area contributed by atoms with Gasteiger partial charge in [0.2, 0.25) is 5.91 Å². The molecule has 1 aliphatic heterocycles. The van der Waals surface area contributed by atoms with Gasteiger partial charge in [0.1, 0.15) is 5.75 Å². The van der Waals surface area contributed by atoms with Gasteiger partial charge in [-0.3, -0.25) is 9.59 Å². The number of hydrogen-bond acceptors (Lipinski definition) is 4. The summed E-state index contributed by atoms with van der Waals surface area (Å²) >= 11 is 0. The minimum absolute atomic E-state index is 0.0101. The number of nitrogens with zero attached hydrogens (tertiary/aromatic N) is 1. The van der Waals surface area contributed by atoms with E-state index in [1.165, 1.54) is 30.6 Å². The molecule has 1 aromatic rings. The average Bonchev–Trinajstić information content (AvgIpc) is 3.04. The molecule has 3 atom stereocenters. The molecular weight excluding hydrogens is 318 g/mol. The molecule has 0 radical (unpaired) electrons. The first-order chi connectivity index (χ1) is 12.0. The molecule has 6 nitrogen and oxygen atoms in total. The van der Waals surface area contributed by atoms with E-state index in [2.05, 4.69) is 10.6 Å². The summed E-state index contributed by atoms with van der Waals surface area (Å²) in [4.78, 5) is 25.6. The van der Waals surface area contributed by atoms with Gasteiger partial charge >= 0.3 is 0 Å². The van der Waals surface area contributed by atoms with Crippen molar-refractivity contribution in [1.82, 2.24) is 10.2 Å². The van der Waals surface area contributed by atoms with Crippen LogP contribution in [0, 0.1) is 5.92 Å². The molecule has 0 spiro atoms. The monoisotopic (exact) mass is 345 g/mol. The lowest BCUT2D eigenvalue weighted by molar-refractivity contribution is -0.130. The van der Waals surface area contributed by atoms with E-state index in [0.717, 1.165) is 6.42 Å². The van der Waals surface area contributed by atoms with Gasteiger partial charge in [0.05, 0.1) is 6.04 Å². The van der Waals surface area contributed by atoms with Crippen molar-refractivity contribution in [3.63, 3.8) is 0 Å². The molecule has 3 rings (SSSR count). The Labute approximate surface area is 148 Å². The summed E-state index contributed by atoms with van der Waals surface area (Å²) in [6, 6.07) is 7.56. The maximum Gasteiger partial charge on any atom is 0.259 e. The van der Waals surface area contributed by atoms with Crippen LogP contribution in [0.4, 0.5) is 5.69 Å². The summed E-state index contributed by atoms with van der Waals surface area (Å²) in [5.74, 6) is 1.11. The van der Waals surface area contributed by atoms with Crippen LogP contribution in [0.5, 0.6) is 5.75 Å². The van der Waals surface area contributed by atoms with Crippen LogP contribution >= 0.6 is 0 Å². The van der Waals surface area contributed by atoms with Gasteiger partial charge in [-0.2, -0.15) is 0 Å². The molecule has 0 bridgehead atoms. The first-order valence-corrected chi connectivity index (χ1v) is 9.03. The lowest BCUT2D eigenvalue weighted by Gasteiger charge is -2.24. The lowest BCUT2D eigenvalue weighted by Crippen LogP contribution is -2.39. The van der Waals surface area contributed by atoms with Crippen LogP contribution < -0.4 is 15.4 Å². The number of likely N-dealkylation sites (N-methyl/N-ethyl adjacent to an activating group) is 1. The Bertz CT molecular complexity index is 618. The average molecular weight is 345 g/mol. The summed E-state index contributed by atoms with van der Waals surface area (Å²) < 4.78 is 5.50. The Morgan fingerprint density at radius 2 is 2.08 bits per heavy atom. The molecule has 1 saturated carbocycles. The van der Waals surface area contributed by atoms with Crippen LogP contribution in [0.3, 0.4) is 0 Å². The highest BCUT2D eigenvalue weighted by molar-refractivity contribution is 5.95. The molecule has 25 heavy (non-hydrogen) atoms. The summed E-state index contributed by atoms with van der Waals surface area (Å²) in [5.41, 5.74) is 0.691. The number of amides is 2. The Morgan fingerprint density at radius 1 is 1.28 bits per heavy atom. The Kier molecular flexibility index (Phi) is 5.58. The quantitative estimate of drug-likeness (QED) is 0.856. The fourth-order valence-electron chi connectivity index (χ4n) is 3.69. The van der Waals surface area contributed by atoms with E-state index < -0.39 is 0 Å². The zero-order valence-corrected chi connectivity index (χ0v) is 15.0. The van der Waals surface area contributed by atoms with E-state index in [4.69, 9.17) is 4.74 Å². The summed E-state index contributed by atoms with van der Waals surface area (Å²) in [6.45, 7) is -0.0159. The van der Waals surface area contributed by atoms with Crippen LogP contribution in [0.1, 0.15) is 32.1 Å². The van der Waals surface area contributed by atoms with Crippen LogP contribution in [-0.4, -0.2) is 49.5 Å². The van der Waals surface area contributed by atoms with Crippen molar-refractivity contribution in [1.29, 1.82) is 0 Å². The van der Waals surface area contributed by atoms with Crippen molar-refractivity contribution in [2.24, 2.45) is 5.92 Å². The van der Waals surface area contributed by atoms with E-state index in [-0.39, 0.29) is 24.5 Å². The molecule has 0 aromatic heterocycles. The SMILES string of the molecule is CN(C)C(=O)COc1cccc(NC(=O)C2CC3CCCCC3N2)c1. The molecule has 2 aliphatic rings. The second kappa shape index (κ2) is 7.87. The molecule has 2 amide bonds. The Hall–Kier alpha value is -2.08. The Balaban J connectivity index is 1.55. The van der Waals surface area contributed by atoms with Gasteiger partial charge < -0.3 is 20.3 Å². The minimum atomic E-state index is -0.118. The highest BCUT2D eigenvalue weighted by Crippen LogP contribution is 2.33. The van der Waals surface area contributed by atoms with Crippen molar-refractivity contribution in [3.05, 3.63) is 24.3 Å². The molecule has 6 heteroatoms. The van der Waals surface area contributed by atoms with Crippen LogP contribution in [0.15, 0.2) is 24.3 Å². The fraction of sp³-hybridized carbons (Fsp3) is 0.579. The number of anilines is 1. The lowest BCUT2D eigenvalue weighted by atomic mass is 9.85. The predicted octanol–water partition coefficient (Wildman–Crippen LogP) is 2.01. The van der Waals surface area contributed by atoms with Gasteiger partial charge in [0, 0.05) is 31.9 Å². The zero-order valence-electron chi connectivity index (χ0n) is 15.0. The predicted molar refractivity (Wildman–Crippen MR) is 96.5 cm³/mol. The number of nitrogens with one attached hydrogen (secondary N) is 2. The molecule has 1 aromatic carbocycles. The first kappa shape index (κ1) is 17.7. The van der Waals surface area contributed by atoms with Crippen molar-refractivity contribution < 1.29 is 14.3 Å². The number of hydrogen-bond donors (Lipinski definition) is 2. The summed E-state index contributed by atoms with van der Waals surface area (Å²) in [5, 5.41) is 6.45. The molecule has 1 saturated heterocycles. The Morgan fingerprint density at radius 3 is 2.84 bits per heavy atom. The maximum atomic E-state index is 12.5. The molecule has 3 unspecified atom stereocenters. The maximum absolute atomic E-state index is 12.5. The van der Waals surface area contributed by atoms with Crippen LogP contribution in [0.2, 0.25) is 0 Å². The fourth-order valence-corrected chi connectivity index (χ4v) is 3.69. The van der Waals surface area contributed by atoms with Gasteiger partial charge in [-0.1, -0.05) is 18.9 Å². The molecular formula is C19H27N3O3.